The lowest BCUT2D eigenvalue weighted by molar-refractivity contribution is 0.0118. The van der Waals surface area contributed by atoms with Crippen LogP contribution in [0.5, 0.6) is 11.5 Å². The summed E-state index contributed by atoms with van der Waals surface area (Å²) in [5.74, 6) is -2.84. The summed E-state index contributed by atoms with van der Waals surface area (Å²) in [6, 6.07) is 4.53. The second-order valence-corrected chi connectivity index (χ2v) is 4.27. The molecule has 0 aliphatic carbocycles. The minimum absolute atomic E-state index is 0. The standard InChI is InChI=1S/C14H20F2N2O3.ClH/c1-3-20-11-6-5-10(7-12(11)21-4-2)13(19)18-9-14(15,16)8-17;/h5-7H,3-4,8-9,17H2,1-2H3,(H,18,19);1H. The number of carbonyl (C=O) groups excluding carboxylic acids is 1. The van der Waals surface area contributed by atoms with Crippen LogP contribution < -0.4 is 20.5 Å². The van der Waals surface area contributed by atoms with E-state index in [-0.39, 0.29) is 18.0 Å². The molecule has 1 aromatic rings. The average Bonchev–Trinajstić information content (AvgIpc) is 2.47. The van der Waals surface area contributed by atoms with Crippen molar-refractivity contribution in [3.8, 4) is 11.5 Å². The number of ether oxygens (including phenoxy) is 2. The SMILES string of the molecule is CCOc1ccc(C(=O)NCC(F)(F)CN)cc1OCC.Cl. The highest BCUT2D eigenvalue weighted by Gasteiger charge is 2.27. The first-order valence-corrected chi connectivity index (χ1v) is 6.69. The van der Waals surface area contributed by atoms with E-state index in [2.05, 4.69) is 5.32 Å². The minimum atomic E-state index is -3.12. The van der Waals surface area contributed by atoms with Gasteiger partial charge < -0.3 is 20.5 Å². The van der Waals surface area contributed by atoms with Crippen LogP contribution in [0.25, 0.3) is 0 Å². The molecule has 0 spiro atoms. The monoisotopic (exact) mass is 338 g/mol. The molecule has 22 heavy (non-hydrogen) atoms. The molecule has 0 atom stereocenters. The summed E-state index contributed by atoms with van der Waals surface area (Å²) in [7, 11) is 0. The minimum Gasteiger partial charge on any atom is -0.490 e. The molecule has 0 saturated heterocycles. The van der Waals surface area contributed by atoms with Gasteiger partial charge in [-0.05, 0) is 32.0 Å². The number of amides is 1. The van der Waals surface area contributed by atoms with Gasteiger partial charge in [0.25, 0.3) is 11.8 Å². The van der Waals surface area contributed by atoms with E-state index >= 15 is 0 Å². The predicted octanol–water partition coefficient (Wildman–Crippen LogP) is 2.23. The molecule has 8 heteroatoms. The van der Waals surface area contributed by atoms with Gasteiger partial charge in [-0.15, -0.1) is 12.4 Å². The Morgan fingerprint density at radius 1 is 1.23 bits per heavy atom. The van der Waals surface area contributed by atoms with Gasteiger partial charge in [0.2, 0.25) is 0 Å². The van der Waals surface area contributed by atoms with E-state index in [1.54, 1.807) is 13.0 Å². The Balaban J connectivity index is 0.00000441. The predicted molar refractivity (Wildman–Crippen MR) is 82.4 cm³/mol. The Kier molecular flexibility index (Phi) is 8.74. The number of halogens is 3. The first-order valence-electron chi connectivity index (χ1n) is 6.69. The summed E-state index contributed by atoms with van der Waals surface area (Å²) < 4.78 is 36.8. The highest BCUT2D eigenvalue weighted by Crippen LogP contribution is 2.28. The Bertz CT molecular complexity index is 487. The molecule has 0 fully saturated rings. The molecular formula is C14H21ClF2N2O3. The van der Waals surface area contributed by atoms with Crippen molar-refractivity contribution < 1.29 is 23.0 Å². The van der Waals surface area contributed by atoms with E-state index < -0.39 is 24.9 Å². The molecule has 1 amide bonds. The Morgan fingerprint density at radius 2 is 1.82 bits per heavy atom. The first kappa shape index (κ1) is 20.4. The third-order valence-corrected chi connectivity index (χ3v) is 2.61. The van der Waals surface area contributed by atoms with Crippen LogP contribution in [0.1, 0.15) is 24.2 Å². The first-order chi connectivity index (χ1) is 9.93. The normalized spacial score (nSPS) is 10.6. The maximum Gasteiger partial charge on any atom is 0.277 e. The second kappa shape index (κ2) is 9.42. The van der Waals surface area contributed by atoms with Gasteiger partial charge in [-0.3, -0.25) is 4.79 Å². The zero-order chi connectivity index (χ0) is 15.9. The van der Waals surface area contributed by atoms with Crippen molar-refractivity contribution in [3.05, 3.63) is 23.8 Å². The smallest absolute Gasteiger partial charge is 0.277 e. The quantitative estimate of drug-likeness (QED) is 0.762. The second-order valence-electron chi connectivity index (χ2n) is 4.27. The summed E-state index contributed by atoms with van der Waals surface area (Å²) in [4.78, 5) is 11.9. The van der Waals surface area contributed by atoms with E-state index in [1.807, 2.05) is 6.92 Å². The van der Waals surface area contributed by atoms with E-state index in [0.717, 1.165) is 0 Å². The number of hydrogen-bond acceptors (Lipinski definition) is 4. The lowest BCUT2D eigenvalue weighted by Crippen LogP contribution is -2.41. The molecule has 5 nitrogen and oxygen atoms in total. The van der Waals surface area contributed by atoms with E-state index in [4.69, 9.17) is 15.2 Å². The maximum absolute atomic E-state index is 13.0. The van der Waals surface area contributed by atoms with Crippen molar-refractivity contribution in [1.82, 2.24) is 5.32 Å². The molecule has 0 aliphatic rings. The van der Waals surface area contributed by atoms with Crippen LogP contribution >= 0.6 is 12.4 Å². The Labute approximate surface area is 134 Å². The topological polar surface area (TPSA) is 73.6 Å². The third-order valence-electron chi connectivity index (χ3n) is 2.61. The Morgan fingerprint density at radius 3 is 2.36 bits per heavy atom. The van der Waals surface area contributed by atoms with E-state index in [0.29, 0.717) is 24.7 Å². The van der Waals surface area contributed by atoms with E-state index in [9.17, 15) is 13.6 Å². The summed E-state index contributed by atoms with van der Waals surface area (Å²) >= 11 is 0. The van der Waals surface area contributed by atoms with Gasteiger partial charge in [-0.25, -0.2) is 8.78 Å². The number of hydrogen-bond donors (Lipinski definition) is 2. The van der Waals surface area contributed by atoms with Crippen LogP contribution in [0.3, 0.4) is 0 Å². The van der Waals surface area contributed by atoms with Crippen LogP contribution in [0.2, 0.25) is 0 Å². The zero-order valence-corrected chi connectivity index (χ0v) is 13.3. The van der Waals surface area contributed by atoms with Gasteiger partial charge in [-0.1, -0.05) is 0 Å². The number of carbonyl (C=O) groups is 1. The molecule has 0 saturated carbocycles. The fraction of sp³-hybridized carbons (Fsp3) is 0.500. The molecule has 3 N–H and O–H groups in total. The largest absolute Gasteiger partial charge is 0.490 e. The molecule has 0 unspecified atom stereocenters. The fourth-order valence-electron chi connectivity index (χ4n) is 1.58. The summed E-state index contributed by atoms with van der Waals surface area (Å²) in [6.07, 6.45) is 0. The van der Waals surface area contributed by atoms with Crippen LogP contribution in [-0.4, -0.2) is 38.1 Å². The number of nitrogens with two attached hydrogens (primary N) is 1. The Hall–Kier alpha value is -1.60. The van der Waals surface area contributed by atoms with Crippen LogP contribution in [0, 0.1) is 0 Å². The van der Waals surface area contributed by atoms with Crippen molar-refractivity contribution >= 4 is 18.3 Å². The van der Waals surface area contributed by atoms with Gasteiger partial charge in [0, 0.05) is 5.56 Å². The van der Waals surface area contributed by atoms with Gasteiger partial charge in [0.15, 0.2) is 11.5 Å². The van der Waals surface area contributed by atoms with Gasteiger partial charge in [-0.2, -0.15) is 0 Å². The van der Waals surface area contributed by atoms with Crippen LogP contribution in [0.4, 0.5) is 8.78 Å². The zero-order valence-electron chi connectivity index (χ0n) is 12.5. The van der Waals surface area contributed by atoms with Crippen molar-refractivity contribution in [2.24, 2.45) is 5.73 Å². The number of alkyl halides is 2. The fourth-order valence-corrected chi connectivity index (χ4v) is 1.58. The molecule has 0 bridgehead atoms. The molecule has 0 heterocycles. The lowest BCUT2D eigenvalue weighted by Gasteiger charge is -2.15. The molecule has 0 aromatic heterocycles. The molecule has 126 valence electrons. The van der Waals surface area contributed by atoms with E-state index in [1.165, 1.54) is 12.1 Å². The lowest BCUT2D eigenvalue weighted by atomic mass is 10.2. The maximum atomic E-state index is 13.0. The van der Waals surface area contributed by atoms with Crippen LogP contribution in [0.15, 0.2) is 18.2 Å². The summed E-state index contributed by atoms with van der Waals surface area (Å²) in [5, 5.41) is 2.15. The molecular weight excluding hydrogens is 318 g/mol. The molecule has 1 aromatic carbocycles. The number of rotatable bonds is 8. The van der Waals surface area contributed by atoms with Crippen molar-refractivity contribution in [3.63, 3.8) is 0 Å². The van der Waals surface area contributed by atoms with Crippen molar-refractivity contribution in [2.45, 2.75) is 19.8 Å². The van der Waals surface area contributed by atoms with Crippen molar-refractivity contribution in [1.29, 1.82) is 0 Å². The highest BCUT2D eigenvalue weighted by atomic mass is 35.5. The molecule has 1 rings (SSSR count). The average molecular weight is 339 g/mol. The summed E-state index contributed by atoms with van der Waals surface area (Å²) in [6.45, 7) is 2.85. The number of nitrogens with one attached hydrogen (secondary N) is 1. The summed E-state index contributed by atoms with van der Waals surface area (Å²) in [5.41, 5.74) is 5.13. The van der Waals surface area contributed by atoms with Gasteiger partial charge in [0.05, 0.1) is 26.3 Å². The molecule has 0 radical (unpaired) electrons. The van der Waals surface area contributed by atoms with Gasteiger partial charge in [0.1, 0.15) is 0 Å². The third kappa shape index (κ3) is 6.03. The number of benzene rings is 1. The van der Waals surface area contributed by atoms with Crippen LogP contribution in [-0.2, 0) is 0 Å². The van der Waals surface area contributed by atoms with Gasteiger partial charge >= 0.3 is 0 Å². The highest BCUT2D eigenvalue weighted by molar-refractivity contribution is 5.94. The van der Waals surface area contributed by atoms with Crippen molar-refractivity contribution in [2.75, 3.05) is 26.3 Å². The molecule has 0 aliphatic heterocycles.